The first kappa shape index (κ1) is 35.0. The summed E-state index contributed by atoms with van der Waals surface area (Å²) in [7, 11) is 1.39. The molecule has 2 aromatic carbocycles. The predicted molar refractivity (Wildman–Crippen MR) is 159 cm³/mol. The van der Waals surface area contributed by atoms with Crippen LogP contribution < -0.4 is 15.8 Å². The molecule has 2 aromatic rings. The normalized spacial score (nSPS) is 12.5. The van der Waals surface area contributed by atoms with Crippen molar-refractivity contribution in [1.82, 2.24) is 15.1 Å². The van der Waals surface area contributed by atoms with Crippen molar-refractivity contribution in [2.45, 2.75) is 64.6 Å². The lowest BCUT2D eigenvalue weighted by atomic mass is 10.1. The molecule has 12 heteroatoms. The monoisotopic (exact) mass is 602 g/mol. The second-order valence-corrected chi connectivity index (χ2v) is 11.2. The van der Waals surface area contributed by atoms with Crippen LogP contribution in [0.5, 0.6) is 5.75 Å². The molecule has 0 aromatic heterocycles. The maximum Gasteiger partial charge on any atom is 0.410 e. The third kappa shape index (κ3) is 11.9. The summed E-state index contributed by atoms with van der Waals surface area (Å²) in [5, 5.41) is 12.1. The molecular formula is C31H43FN4O7. The van der Waals surface area contributed by atoms with Gasteiger partial charge in [0.05, 0.1) is 6.54 Å². The number of likely N-dealkylation sites (N-methyl/N-ethyl adjacent to an activating group) is 1. The topological polar surface area (TPSA) is 152 Å². The second-order valence-electron chi connectivity index (χ2n) is 11.2. The summed E-state index contributed by atoms with van der Waals surface area (Å²) < 4.78 is 24.6. The summed E-state index contributed by atoms with van der Waals surface area (Å²) in [6.45, 7) is 6.81. The van der Waals surface area contributed by atoms with Gasteiger partial charge in [0.2, 0.25) is 11.8 Å². The van der Waals surface area contributed by atoms with Crippen LogP contribution in [0.15, 0.2) is 48.5 Å². The molecule has 0 spiro atoms. The van der Waals surface area contributed by atoms with Gasteiger partial charge in [0.25, 0.3) is 0 Å². The number of para-hydroxylation sites is 1. The van der Waals surface area contributed by atoms with Crippen LogP contribution in [0, 0.1) is 5.82 Å². The summed E-state index contributed by atoms with van der Waals surface area (Å²) in [5.41, 5.74) is 6.32. The number of aliphatic carboxylic acids is 1. The number of amides is 3. The number of rotatable bonds is 15. The molecule has 4 N–H and O–H groups in total. The maximum atomic E-state index is 13.2. The number of hydrogen-bond acceptors (Lipinski definition) is 7. The first-order chi connectivity index (χ1) is 20.2. The number of aryl methyl sites for hydroxylation is 1. The van der Waals surface area contributed by atoms with Crippen LogP contribution in [0.3, 0.4) is 0 Å². The van der Waals surface area contributed by atoms with Gasteiger partial charge in [0.15, 0.2) is 0 Å². The number of nitrogens with zero attached hydrogens (tertiary/aromatic N) is 2. The van der Waals surface area contributed by atoms with Crippen molar-refractivity contribution in [3.05, 3.63) is 65.5 Å². The molecule has 2 atom stereocenters. The fraction of sp³-hybridized carbons (Fsp3) is 0.484. The maximum absolute atomic E-state index is 13.2. The number of benzene rings is 2. The van der Waals surface area contributed by atoms with Crippen molar-refractivity contribution in [1.29, 1.82) is 0 Å². The molecule has 3 amide bonds. The number of carbonyl (C=O) groups excluding carboxylic acids is 3. The summed E-state index contributed by atoms with van der Waals surface area (Å²) in [6, 6.07) is 10.4. The van der Waals surface area contributed by atoms with E-state index in [1.165, 1.54) is 43.1 Å². The van der Waals surface area contributed by atoms with Crippen LogP contribution in [0.2, 0.25) is 0 Å². The average molecular weight is 603 g/mol. The molecule has 1 unspecified atom stereocenters. The van der Waals surface area contributed by atoms with Gasteiger partial charge >= 0.3 is 12.1 Å². The van der Waals surface area contributed by atoms with Gasteiger partial charge < -0.3 is 30.5 Å². The van der Waals surface area contributed by atoms with Crippen molar-refractivity contribution in [3.8, 4) is 5.75 Å². The third-order valence-electron chi connectivity index (χ3n) is 6.54. The van der Waals surface area contributed by atoms with Crippen LogP contribution in [-0.2, 0) is 32.0 Å². The van der Waals surface area contributed by atoms with Crippen LogP contribution >= 0.6 is 0 Å². The van der Waals surface area contributed by atoms with E-state index in [2.05, 4.69) is 5.32 Å². The minimum Gasteiger partial charge on any atom is -0.491 e. The van der Waals surface area contributed by atoms with E-state index >= 15 is 0 Å². The zero-order valence-corrected chi connectivity index (χ0v) is 25.5. The lowest BCUT2D eigenvalue weighted by molar-refractivity contribution is -0.144. The molecule has 0 saturated heterocycles. The predicted octanol–water partition coefficient (Wildman–Crippen LogP) is 2.99. The highest BCUT2D eigenvalue weighted by Gasteiger charge is 2.30. The Hall–Kier alpha value is -4.19. The second kappa shape index (κ2) is 16.4. The lowest BCUT2D eigenvalue weighted by Crippen LogP contribution is -2.53. The minimum atomic E-state index is -1.30. The Bertz CT molecular complexity index is 1230. The van der Waals surface area contributed by atoms with Crippen molar-refractivity contribution < 1.29 is 38.1 Å². The fourth-order valence-corrected chi connectivity index (χ4v) is 3.99. The van der Waals surface area contributed by atoms with E-state index in [0.717, 1.165) is 23.3 Å². The molecule has 11 nitrogen and oxygen atoms in total. The van der Waals surface area contributed by atoms with Gasteiger partial charge in [0.1, 0.15) is 42.4 Å². The van der Waals surface area contributed by atoms with Crippen molar-refractivity contribution in [3.63, 3.8) is 0 Å². The van der Waals surface area contributed by atoms with Gasteiger partial charge in [-0.25, -0.2) is 14.0 Å². The summed E-state index contributed by atoms with van der Waals surface area (Å²) in [5.74, 6) is -2.36. The number of nitrogens with two attached hydrogens (primary N) is 1. The Morgan fingerprint density at radius 3 is 2.33 bits per heavy atom. The quantitative estimate of drug-likeness (QED) is 0.282. The Morgan fingerprint density at radius 2 is 1.72 bits per heavy atom. The molecule has 0 radical (unpaired) electrons. The van der Waals surface area contributed by atoms with E-state index < -0.39 is 53.9 Å². The smallest absolute Gasteiger partial charge is 0.410 e. The summed E-state index contributed by atoms with van der Waals surface area (Å²) in [6.07, 6.45) is 0.721. The first-order valence-corrected chi connectivity index (χ1v) is 14.1. The van der Waals surface area contributed by atoms with Gasteiger partial charge in [-0.2, -0.15) is 0 Å². The summed E-state index contributed by atoms with van der Waals surface area (Å²) >= 11 is 0. The van der Waals surface area contributed by atoms with Gasteiger partial charge in [-0.3, -0.25) is 14.5 Å². The molecule has 0 bridgehead atoms. The van der Waals surface area contributed by atoms with E-state index in [4.69, 9.17) is 15.2 Å². The number of hydrogen-bond donors (Lipinski definition) is 3. The Kier molecular flexibility index (Phi) is 13.4. The number of carboxylic acid groups (broad SMARTS) is 1. The van der Waals surface area contributed by atoms with Gasteiger partial charge in [-0.05, 0) is 76.4 Å². The van der Waals surface area contributed by atoms with Crippen molar-refractivity contribution in [2.75, 3.05) is 33.3 Å². The highest BCUT2D eigenvalue weighted by molar-refractivity contribution is 5.91. The van der Waals surface area contributed by atoms with Crippen LogP contribution in [-0.4, -0.2) is 89.8 Å². The third-order valence-corrected chi connectivity index (χ3v) is 6.54. The molecule has 0 aliphatic carbocycles. The molecule has 43 heavy (non-hydrogen) atoms. The molecule has 0 aliphatic rings. The standard InChI is InChI=1S/C31H43FN4O7/c1-21(28(38)34-25(29(39)40)19-22-12-14-24(32)15-13-22)35(5)27(37)20-36(30(41)43-31(2,3)4)17-18-42-26-11-7-6-9-23(26)10-8-16-33/h6-7,9,11-15,21,25H,8,10,16-20,33H2,1-5H3,(H,34,38)(H,39,40)/t21-,25?/m1/s1. The molecule has 0 fully saturated rings. The number of carbonyl (C=O) groups is 4. The zero-order chi connectivity index (χ0) is 32.2. The van der Waals surface area contributed by atoms with Crippen LogP contribution in [0.4, 0.5) is 9.18 Å². The first-order valence-electron chi connectivity index (χ1n) is 14.1. The van der Waals surface area contributed by atoms with Crippen molar-refractivity contribution >= 4 is 23.9 Å². The van der Waals surface area contributed by atoms with E-state index in [-0.39, 0.29) is 19.6 Å². The highest BCUT2D eigenvalue weighted by Crippen LogP contribution is 2.20. The molecule has 236 valence electrons. The van der Waals surface area contributed by atoms with Gasteiger partial charge in [-0.15, -0.1) is 0 Å². The van der Waals surface area contributed by atoms with Crippen LogP contribution in [0.25, 0.3) is 0 Å². The number of nitrogens with one attached hydrogen (secondary N) is 1. The van der Waals surface area contributed by atoms with Gasteiger partial charge in [0, 0.05) is 13.5 Å². The average Bonchev–Trinajstić information content (AvgIpc) is 2.94. The minimum absolute atomic E-state index is 0.0268. The Balaban J connectivity index is 2.07. The van der Waals surface area contributed by atoms with Crippen LogP contribution in [0.1, 0.15) is 45.2 Å². The lowest BCUT2D eigenvalue weighted by Gasteiger charge is -2.30. The number of ether oxygens (including phenoxy) is 2. The largest absolute Gasteiger partial charge is 0.491 e. The Labute approximate surface area is 252 Å². The number of halogens is 1. The molecule has 0 aliphatic heterocycles. The van der Waals surface area contributed by atoms with Crippen molar-refractivity contribution in [2.24, 2.45) is 5.73 Å². The van der Waals surface area contributed by atoms with E-state index in [1.54, 1.807) is 20.8 Å². The molecule has 2 rings (SSSR count). The SMILES string of the molecule is C[C@H](C(=O)NC(Cc1ccc(F)cc1)C(=O)O)N(C)C(=O)CN(CCOc1ccccc1CCCN)C(=O)OC(C)(C)C. The van der Waals surface area contributed by atoms with E-state index in [9.17, 15) is 28.7 Å². The molecule has 0 saturated carbocycles. The zero-order valence-electron chi connectivity index (χ0n) is 25.5. The highest BCUT2D eigenvalue weighted by atomic mass is 19.1. The van der Waals surface area contributed by atoms with E-state index in [0.29, 0.717) is 17.9 Å². The molecular weight excluding hydrogens is 559 g/mol. The summed E-state index contributed by atoms with van der Waals surface area (Å²) in [4.78, 5) is 53.3. The van der Waals surface area contributed by atoms with Gasteiger partial charge in [-0.1, -0.05) is 30.3 Å². The molecule has 0 heterocycles. The number of carboxylic acids is 1. The van der Waals surface area contributed by atoms with E-state index in [1.807, 2.05) is 24.3 Å². The Morgan fingerprint density at radius 1 is 1.07 bits per heavy atom. The fourth-order valence-electron chi connectivity index (χ4n) is 3.99.